The molecule has 1 rings (SSSR count). The highest BCUT2D eigenvalue weighted by atomic mass is 35.5. The van der Waals surface area contributed by atoms with Gasteiger partial charge in [-0.05, 0) is 26.0 Å². The molecule has 0 spiro atoms. The smallest absolute Gasteiger partial charge is 0.0533 e. The average molecular weight is 202 g/mol. The van der Waals surface area contributed by atoms with Gasteiger partial charge in [-0.3, -0.25) is 4.68 Å². The molecule has 0 saturated carbocycles. The van der Waals surface area contributed by atoms with E-state index in [1.54, 1.807) is 6.20 Å². The van der Waals surface area contributed by atoms with E-state index in [0.29, 0.717) is 0 Å². The molecular weight excluding hydrogens is 186 g/mol. The van der Waals surface area contributed by atoms with Crippen molar-refractivity contribution < 1.29 is 0 Å². The minimum atomic E-state index is 0.261. The van der Waals surface area contributed by atoms with Gasteiger partial charge in [-0.25, -0.2) is 0 Å². The topological polar surface area (TPSA) is 29.9 Å². The van der Waals surface area contributed by atoms with Gasteiger partial charge in [-0.15, -0.1) is 11.6 Å². The standard InChI is InChI=1S/C9H16ClN3/c1-9(10)3-5-11-6-8-13-7-2-4-12-13/h2,4,7,9,11H,3,5-6,8H2,1H3. The van der Waals surface area contributed by atoms with Crippen molar-refractivity contribution in [2.45, 2.75) is 25.3 Å². The molecule has 1 heterocycles. The lowest BCUT2D eigenvalue weighted by Crippen LogP contribution is -2.22. The Labute approximate surface area is 84.1 Å². The molecule has 0 amide bonds. The quantitative estimate of drug-likeness (QED) is 0.559. The van der Waals surface area contributed by atoms with Gasteiger partial charge in [0, 0.05) is 24.3 Å². The van der Waals surface area contributed by atoms with Gasteiger partial charge in [-0.1, -0.05) is 0 Å². The summed E-state index contributed by atoms with van der Waals surface area (Å²) in [5.41, 5.74) is 0. The Balaban J connectivity index is 1.96. The van der Waals surface area contributed by atoms with Gasteiger partial charge in [0.05, 0.1) is 6.54 Å². The fraction of sp³-hybridized carbons (Fsp3) is 0.667. The van der Waals surface area contributed by atoms with Crippen LogP contribution in [0.2, 0.25) is 0 Å². The monoisotopic (exact) mass is 201 g/mol. The molecule has 0 saturated heterocycles. The zero-order valence-corrected chi connectivity index (χ0v) is 8.67. The first-order valence-corrected chi connectivity index (χ1v) is 5.05. The Morgan fingerprint density at radius 3 is 3.00 bits per heavy atom. The Morgan fingerprint density at radius 2 is 2.38 bits per heavy atom. The number of hydrogen-bond acceptors (Lipinski definition) is 2. The van der Waals surface area contributed by atoms with E-state index >= 15 is 0 Å². The van der Waals surface area contributed by atoms with E-state index in [0.717, 1.165) is 26.1 Å². The van der Waals surface area contributed by atoms with Crippen LogP contribution in [-0.4, -0.2) is 28.2 Å². The minimum absolute atomic E-state index is 0.261. The summed E-state index contributed by atoms with van der Waals surface area (Å²) >= 11 is 5.80. The predicted molar refractivity (Wildman–Crippen MR) is 55.0 cm³/mol. The molecule has 4 heteroatoms. The van der Waals surface area contributed by atoms with E-state index in [1.807, 2.05) is 23.9 Å². The van der Waals surface area contributed by atoms with E-state index in [2.05, 4.69) is 10.4 Å². The highest BCUT2D eigenvalue weighted by Crippen LogP contribution is 1.96. The number of alkyl halides is 1. The van der Waals surface area contributed by atoms with Crippen molar-refractivity contribution in [2.75, 3.05) is 13.1 Å². The molecule has 1 aromatic heterocycles. The molecule has 13 heavy (non-hydrogen) atoms. The van der Waals surface area contributed by atoms with Crippen molar-refractivity contribution in [3.8, 4) is 0 Å². The summed E-state index contributed by atoms with van der Waals surface area (Å²) in [6, 6.07) is 1.93. The number of nitrogens with zero attached hydrogens (tertiary/aromatic N) is 2. The molecule has 0 radical (unpaired) electrons. The van der Waals surface area contributed by atoms with Crippen LogP contribution in [0.25, 0.3) is 0 Å². The number of rotatable bonds is 6. The third-order valence-corrected chi connectivity index (χ3v) is 2.01. The SMILES string of the molecule is CC(Cl)CCNCCn1cccn1. The molecule has 1 N–H and O–H groups in total. The van der Waals surface area contributed by atoms with Crippen molar-refractivity contribution in [1.82, 2.24) is 15.1 Å². The summed E-state index contributed by atoms with van der Waals surface area (Å²) < 4.78 is 1.91. The van der Waals surface area contributed by atoms with Crippen molar-refractivity contribution in [2.24, 2.45) is 0 Å². The second kappa shape index (κ2) is 6.00. The molecule has 74 valence electrons. The lowest BCUT2D eigenvalue weighted by molar-refractivity contribution is 0.546. The van der Waals surface area contributed by atoms with Gasteiger partial charge in [0.25, 0.3) is 0 Å². The van der Waals surface area contributed by atoms with Crippen LogP contribution < -0.4 is 5.32 Å². The Bertz CT molecular complexity index is 209. The van der Waals surface area contributed by atoms with Gasteiger partial charge in [0.2, 0.25) is 0 Å². The molecule has 0 aliphatic carbocycles. The number of hydrogen-bond donors (Lipinski definition) is 1. The summed E-state index contributed by atoms with van der Waals surface area (Å²) in [5.74, 6) is 0. The minimum Gasteiger partial charge on any atom is -0.315 e. The van der Waals surface area contributed by atoms with Crippen LogP contribution in [0.3, 0.4) is 0 Å². The third-order valence-electron chi connectivity index (χ3n) is 1.80. The zero-order valence-electron chi connectivity index (χ0n) is 7.91. The fourth-order valence-electron chi connectivity index (χ4n) is 1.05. The maximum Gasteiger partial charge on any atom is 0.0533 e. The Hall–Kier alpha value is -0.540. The lowest BCUT2D eigenvalue weighted by atomic mass is 10.3. The van der Waals surface area contributed by atoms with E-state index < -0.39 is 0 Å². The highest BCUT2D eigenvalue weighted by molar-refractivity contribution is 6.20. The second-order valence-electron chi connectivity index (χ2n) is 3.09. The number of halogens is 1. The van der Waals surface area contributed by atoms with E-state index in [-0.39, 0.29) is 5.38 Å². The van der Waals surface area contributed by atoms with Gasteiger partial charge < -0.3 is 5.32 Å². The molecule has 1 unspecified atom stereocenters. The predicted octanol–water partition coefficient (Wildman–Crippen LogP) is 1.49. The van der Waals surface area contributed by atoms with Gasteiger partial charge in [0.15, 0.2) is 0 Å². The molecule has 0 aliphatic heterocycles. The van der Waals surface area contributed by atoms with E-state index in [1.165, 1.54) is 0 Å². The Morgan fingerprint density at radius 1 is 1.54 bits per heavy atom. The summed E-state index contributed by atoms with van der Waals surface area (Å²) in [6.45, 7) is 4.86. The van der Waals surface area contributed by atoms with Crippen LogP contribution in [0.4, 0.5) is 0 Å². The molecular formula is C9H16ClN3. The lowest BCUT2D eigenvalue weighted by Gasteiger charge is -2.05. The van der Waals surface area contributed by atoms with Gasteiger partial charge in [0.1, 0.15) is 0 Å². The Kier molecular flexibility index (Phi) is 4.86. The molecule has 0 fully saturated rings. The van der Waals surface area contributed by atoms with Crippen LogP contribution in [0.5, 0.6) is 0 Å². The fourth-order valence-corrected chi connectivity index (χ4v) is 1.16. The molecule has 0 bridgehead atoms. The first-order valence-electron chi connectivity index (χ1n) is 4.61. The third kappa shape index (κ3) is 4.90. The summed E-state index contributed by atoms with van der Waals surface area (Å²) in [6.07, 6.45) is 4.77. The normalized spacial score (nSPS) is 13.1. The van der Waals surface area contributed by atoms with Gasteiger partial charge >= 0.3 is 0 Å². The largest absolute Gasteiger partial charge is 0.315 e. The summed E-state index contributed by atoms with van der Waals surface area (Å²) in [4.78, 5) is 0. The first kappa shape index (κ1) is 10.5. The van der Waals surface area contributed by atoms with E-state index in [4.69, 9.17) is 11.6 Å². The number of aromatic nitrogens is 2. The maximum atomic E-state index is 5.80. The molecule has 1 aromatic rings. The van der Waals surface area contributed by atoms with Crippen molar-refractivity contribution in [1.29, 1.82) is 0 Å². The zero-order chi connectivity index (χ0) is 9.52. The van der Waals surface area contributed by atoms with Crippen LogP contribution in [0.15, 0.2) is 18.5 Å². The summed E-state index contributed by atoms with van der Waals surface area (Å²) in [5, 5.41) is 7.67. The maximum absolute atomic E-state index is 5.80. The van der Waals surface area contributed by atoms with Crippen molar-refractivity contribution in [3.05, 3.63) is 18.5 Å². The summed E-state index contributed by atoms with van der Waals surface area (Å²) in [7, 11) is 0. The number of nitrogens with one attached hydrogen (secondary N) is 1. The van der Waals surface area contributed by atoms with Crippen LogP contribution in [0, 0.1) is 0 Å². The van der Waals surface area contributed by atoms with Crippen molar-refractivity contribution in [3.63, 3.8) is 0 Å². The van der Waals surface area contributed by atoms with Crippen molar-refractivity contribution >= 4 is 11.6 Å². The molecule has 3 nitrogen and oxygen atoms in total. The second-order valence-corrected chi connectivity index (χ2v) is 3.83. The molecule has 0 aliphatic rings. The van der Waals surface area contributed by atoms with Gasteiger partial charge in [-0.2, -0.15) is 5.10 Å². The van der Waals surface area contributed by atoms with Crippen LogP contribution in [-0.2, 0) is 6.54 Å². The molecule has 0 aromatic carbocycles. The average Bonchev–Trinajstić information content (AvgIpc) is 2.55. The molecule has 1 atom stereocenters. The first-order chi connectivity index (χ1) is 6.29. The highest BCUT2D eigenvalue weighted by Gasteiger charge is 1.95. The van der Waals surface area contributed by atoms with Crippen LogP contribution in [0.1, 0.15) is 13.3 Å². The van der Waals surface area contributed by atoms with E-state index in [9.17, 15) is 0 Å². The van der Waals surface area contributed by atoms with Crippen LogP contribution >= 0.6 is 11.6 Å².